The number of guanidine groups is 1. The van der Waals surface area contributed by atoms with Crippen LogP contribution in [0.3, 0.4) is 0 Å². The lowest BCUT2D eigenvalue weighted by Gasteiger charge is -2.27. The van der Waals surface area contributed by atoms with Crippen LogP contribution in [0.1, 0.15) is 91.9 Å². The van der Waals surface area contributed by atoms with Gasteiger partial charge in [-0.2, -0.15) is 12.6 Å². The number of carbonyl (C=O) groups is 11. The van der Waals surface area contributed by atoms with Crippen molar-refractivity contribution in [2.24, 2.45) is 39.8 Å². The summed E-state index contributed by atoms with van der Waals surface area (Å²) in [5, 5.41) is 60.0. The van der Waals surface area contributed by atoms with E-state index < -0.39 is 146 Å². The lowest BCUT2D eigenvalue weighted by Crippen LogP contribution is -2.57. The Labute approximate surface area is 428 Å². The van der Waals surface area contributed by atoms with E-state index in [-0.39, 0.29) is 75.8 Å². The van der Waals surface area contributed by atoms with Gasteiger partial charge in [0.05, 0.1) is 44.2 Å². The molecule has 0 saturated heterocycles. The van der Waals surface area contributed by atoms with E-state index >= 15 is 0 Å². The van der Waals surface area contributed by atoms with E-state index in [9.17, 15) is 73.2 Å². The quantitative estimate of drug-likeness (QED) is 0.0118. The minimum atomic E-state index is -1.76. The number of nitrogens with zero attached hydrogens (tertiary/aromatic N) is 1. The highest BCUT2D eigenvalue weighted by atomic mass is 32.1. The zero-order chi connectivity index (χ0) is 55.8. The molecule has 9 amide bonds. The molecule has 0 fully saturated rings. The molecule has 0 radical (unpaired) electrons. The molecule has 0 aliphatic heterocycles. The third kappa shape index (κ3) is 29.1. The maximum absolute atomic E-state index is 13.9. The van der Waals surface area contributed by atoms with E-state index in [1.165, 1.54) is 13.8 Å². The fraction of sp³-hybridized carbons (Fsp3) is 0.721. The number of aliphatic carboxylic acids is 2. The topological polar surface area (TPSA) is 493 Å². The zero-order valence-electron chi connectivity index (χ0n) is 41.8. The summed E-state index contributed by atoms with van der Waals surface area (Å²) in [6, 6.07) is -9.59. The molecule has 30 heteroatoms. The van der Waals surface area contributed by atoms with Crippen molar-refractivity contribution in [2.45, 2.75) is 140 Å². The molecule has 0 heterocycles. The fourth-order valence-electron chi connectivity index (χ4n) is 6.37. The number of carboxylic acids is 2. The molecular weight excluding hydrogens is 985 g/mol. The van der Waals surface area contributed by atoms with E-state index in [0.29, 0.717) is 19.3 Å². The van der Waals surface area contributed by atoms with Gasteiger partial charge in [-0.25, -0.2) is 4.79 Å². The van der Waals surface area contributed by atoms with Crippen LogP contribution in [-0.4, -0.2) is 185 Å². The molecule has 416 valence electrons. The Morgan fingerprint density at radius 2 is 1.07 bits per heavy atom. The van der Waals surface area contributed by atoms with E-state index in [4.69, 9.17) is 22.9 Å². The summed E-state index contributed by atoms with van der Waals surface area (Å²) < 4.78 is 0. The number of aliphatic hydroxyl groups excluding tert-OH is 2. The minimum absolute atomic E-state index is 0.0497. The van der Waals surface area contributed by atoms with Crippen molar-refractivity contribution in [3.63, 3.8) is 0 Å². The minimum Gasteiger partial charge on any atom is -0.481 e. The number of hydrogen-bond donors (Lipinski definition) is 18. The number of nitrogens with two attached hydrogens (primary N) is 4. The Morgan fingerprint density at radius 1 is 0.575 bits per heavy atom. The number of aliphatic hydroxyl groups is 2. The second-order valence-electron chi connectivity index (χ2n) is 17.5. The molecule has 0 aliphatic rings. The number of rotatable bonds is 38. The van der Waals surface area contributed by atoms with Crippen LogP contribution in [0.4, 0.5) is 0 Å². The van der Waals surface area contributed by atoms with Crippen LogP contribution < -0.4 is 70.8 Å². The highest BCUT2D eigenvalue weighted by Crippen LogP contribution is 2.11. The molecule has 0 aromatic heterocycles. The van der Waals surface area contributed by atoms with Gasteiger partial charge < -0.3 is 91.2 Å². The van der Waals surface area contributed by atoms with Gasteiger partial charge in [0.1, 0.15) is 36.3 Å². The van der Waals surface area contributed by atoms with Gasteiger partial charge in [-0.05, 0) is 77.2 Å². The van der Waals surface area contributed by atoms with E-state index in [1.54, 1.807) is 0 Å². The number of hydrogen-bond acceptors (Lipinski definition) is 17. The van der Waals surface area contributed by atoms with Crippen molar-refractivity contribution in [1.82, 2.24) is 47.9 Å². The van der Waals surface area contributed by atoms with Crippen LogP contribution in [0.2, 0.25) is 0 Å². The van der Waals surface area contributed by atoms with Gasteiger partial charge in [0.25, 0.3) is 0 Å². The predicted molar refractivity (Wildman–Crippen MR) is 266 cm³/mol. The summed E-state index contributed by atoms with van der Waals surface area (Å²) in [6.07, 6.45) is -0.409. The first-order valence-corrected chi connectivity index (χ1v) is 24.4. The average molecular weight is 1060 g/mol. The van der Waals surface area contributed by atoms with Gasteiger partial charge in [0.15, 0.2) is 5.96 Å². The molecule has 29 nitrogen and oxygen atoms in total. The molecule has 1 unspecified atom stereocenters. The van der Waals surface area contributed by atoms with Gasteiger partial charge in [0, 0.05) is 18.8 Å². The molecule has 0 aliphatic carbocycles. The van der Waals surface area contributed by atoms with Crippen molar-refractivity contribution in [3.8, 4) is 0 Å². The Hall–Kier alpha value is -6.37. The molecule has 0 saturated carbocycles. The first kappa shape index (κ1) is 66.6. The van der Waals surface area contributed by atoms with Gasteiger partial charge in [0.2, 0.25) is 53.2 Å². The number of carboxylic acid groups (broad SMARTS) is 2. The summed E-state index contributed by atoms with van der Waals surface area (Å²) in [7, 11) is 0. The molecule has 21 N–H and O–H groups in total. The van der Waals surface area contributed by atoms with Crippen molar-refractivity contribution in [2.75, 3.05) is 45.1 Å². The van der Waals surface area contributed by atoms with Crippen molar-refractivity contribution in [3.05, 3.63) is 0 Å². The van der Waals surface area contributed by atoms with Crippen molar-refractivity contribution in [1.29, 1.82) is 0 Å². The van der Waals surface area contributed by atoms with Crippen molar-refractivity contribution < 1.29 is 73.2 Å². The summed E-state index contributed by atoms with van der Waals surface area (Å²) in [5.74, 6) is -12.0. The molecule has 0 aromatic carbocycles. The van der Waals surface area contributed by atoms with Crippen LogP contribution in [-0.2, 0) is 52.7 Å². The van der Waals surface area contributed by atoms with Gasteiger partial charge >= 0.3 is 11.9 Å². The van der Waals surface area contributed by atoms with Crippen LogP contribution in [0.25, 0.3) is 0 Å². The number of amides is 9. The number of unbranched alkanes of at least 4 members (excludes halogenated alkanes) is 2. The van der Waals surface area contributed by atoms with E-state index in [2.05, 4.69) is 65.5 Å². The molecule has 73 heavy (non-hydrogen) atoms. The Kier molecular flexibility index (Phi) is 33.3. The first-order valence-electron chi connectivity index (χ1n) is 23.8. The van der Waals surface area contributed by atoms with Crippen LogP contribution in [0.5, 0.6) is 0 Å². The maximum atomic E-state index is 13.9. The van der Waals surface area contributed by atoms with Crippen LogP contribution in [0.15, 0.2) is 4.99 Å². The van der Waals surface area contributed by atoms with E-state index in [1.807, 2.05) is 13.8 Å². The lowest BCUT2D eigenvalue weighted by atomic mass is 9.99. The lowest BCUT2D eigenvalue weighted by molar-refractivity contribution is -0.141. The average Bonchev–Trinajstić information content (AvgIpc) is 3.32. The largest absolute Gasteiger partial charge is 0.481 e. The summed E-state index contributed by atoms with van der Waals surface area (Å²) in [6.45, 7) is 4.45. The summed E-state index contributed by atoms with van der Waals surface area (Å²) in [5.41, 5.74) is 22.0. The first-order chi connectivity index (χ1) is 34.3. The highest BCUT2D eigenvalue weighted by molar-refractivity contribution is 7.80. The predicted octanol–water partition coefficient (Wildman–Crippen LogP) is -6.53. The molecule has 0 aromatic rings. The number of aliphatic imine (C=N–C) groups is 1. The number of thiol groups is 1. The molecular formula is C43H78N14O15S. The Balaban J connectivity index is 6.02. The smallest absolute Gasteiger partial charge is 0.327 e. The summed E-state index contributed by atoms with van der Waals surface area (Å²) in [4.78, 5) is 144. The number of carbonyl (C=O) groups excluding carboxylic acids is 9. The third-order valence-corrected chi connectivity index (χ3v) is 11.1. The molecule has 0 rings (SSSR count). The van der Waals surface area contributed by atoms with Crippen molar-refractivity contribution >= 4 is 83.7 Å². The third-order valence-electron chi connectivity index (χ3n) is 10.7. The van der Waals surface area contributed by atoms with Gasteiger partial charge in [-0.15, -0.1) is 0 Å². The Morgan fingerprint density at radius 3 is 1.58 bits per heavy atom. The molecule has 9 atom stereocenters. The SMILES string of the molecule is CC(C)C[C@H](NC(=O)[C@@H](C)C(C)O)C(=O)N[C@@H](CCCCN)C(=O)N[C@@H](CCCCNC(=O)[C@H](CO)NC(=O)[C@H](CC(=O)O)NC(=O)CNC(=O)[C@@H](N)CCCN=C(N)N)C(=O)NCC(=O)N[C@@H](CS)C(=O)O. The maximum Gasteiger partial charge on any atom is 0.327 e. The highest BCUT2D eigenvalue weighted by Gasteiger charge is 2.32. The normalized spacial score (nSPS) is 14.7. The fourth-order valence-corrected chi connectivity index (χ4v) is 6.62. The Bertz CT molecular complexity index is 1870. The second kappa shape index (κ2) is 36.5. The zero-order valence-corrected chi connectivity index (χ0v) is 42.7. The molecule has 0 bridgehead atoms. The monoisotopic (exact) mass is 1060 g/mol. The van der Waals surface area contributed by atoms with Crippen LogP contribution >= 0.6 is 12.6 Å². The second-order valence-corrected chi connectivity index (χ2v) is 17.9. The summed E-state index contributed by atoms with van der Waals surface area (Å²) >= 11 is 3.89. The molecule has 0 spiro atoms. The van der Waals surface area contributed by atoms with Crippen LogP contribution in [0, 0.1) is 11.8 Å². The van der Waals surface area contributed by atoms with Gasteiger partial charge in [-0.3, -0.25) is 52.9 Å². The standard InChI is InChI=1S/C43H78N14O15S/c1-22(2)16-28(56-35(64)23(3)24(4)59)40(69)55-27(11-5-7-13-44)39(68)54-26(37(66)51-19-33(61)53-31(21-73)42(71)72)12-6-8-14-48-38(67)30(20-58)57-41(70)29(17-34(62)63)52-32(60)18-50-36(65)25(45)10-9-15-49-43(46)47/h22-31,58-59,73H,5-21,44-45H2,1-4H3,(H,48,67)(H,50,65)(H,51,66)(H,52,60)(H,53,61)(H,54,68)(H,55,69)(H,56,64)(H,57,70)(H,62,63)(H,71,72)(H4,46,47,49)/t23-,24?,25-,26-,27-,28-,29-,30-,31-/m0/s1. The van der Waals surface area contributed by atoms with Gasteiger partial charge in [-0.1, -0.05) is 20.8 Å². The van der Waals surface area contributed by atoms with E-state index in [0.717, 1.165) is 0 Å². The number of nitrogens with one attached hydrogen (secondary N) is 9.